The van der Waals surface area contributed by atoms with Gasteiger partial charge in [0.2, 0.25) is 0 Å². The molecule has 5 nitrogen and oxygen atoms in total. The maximum Gasteiger partial charge on any atom is 0.270 e. The lowest BCUT2D eigenvalue weighted by atomic mass is 10.0. The first kappa shape index (κ1) is 19.1. The number of hydrogen-bond donors (Lipinski definition) is 1. The third kappa shape index (κ3) is 4.10. The largest absolute Gasteiger partial charge is 0.321 e. The monoisotopic (exact) mass is 394 g/mol. The van der Waals surface area contributed by atoms with Gasteiger partial charge in [-0.05, 0) is 28.7 Å². The molecule has 0 aliphatic carbocycles. The van der Waals surface area contributed by atoms with Gasteiger partial charge in [-0.15, -0.1) is 0 Å². The van der Waals surface area contributed by atoms with Crippen molar-refractivity contribution >= 4 is 39.7 Å². The lowest BCUT2D eigenvalue weighted by Gasteiger charge is -2.12. The summed E-state index contributed by atoms with van der Waals surface area (Å²) in [4.78, 5) is 23.9. The number of hydrogen-bond acceptors (Lipinski definition) is 3. The summed E-state index contributed by atoms with van der Waals surface area (Å²) in [5, 5.41) is 16.1. The van der Waals surface area contributed by atoms with E-state index in [0.717, 1.165) is 16.3 Å². The zero-order valence-electron chi connectivity index (χ0n) is 16.0. The molecule has 0 saturated carbocycles. The Hall–Kier alpha value is -4.25. The smallest absolute Gasteiger partial charge is 0.270 e. The highest BCUT2D eigenvalue weighted by molar-refractivity contribution is 6.30. The van der Waals surface area contributed by atoms with Gasteiger partial charge in [-0.1, -0.05) is 78.9 Å². The molecule has 0 aliphatic heterocycles. The molecule has 0 radical (unpaired) electrons. The number of rotatable bonds is 5. The third-order valence-corrected chi connectivity index (χ3v) is 4.76. The van der Waals surface area contributed by atoms with Crippen molar-refractivity contribution in [2.45, 2.75) is 0 Å². The molecule has 0 aliphatic rings. The Morgan fingerprint density at radius 3 is 2.33 bits per heavy atom. The van der Waals surface area contributed by atoms with Gasteiger partial charge in [-0.3, -0.25) is 14.9 Å². The third-order valence-electron chi connectivity index (χ3n) is 4.76. The second-order valence-corrected chi connectivity index (χ2v) is 6.76. The van der Waals surface area contributed by atoms with Crippen molar-refractivity contribution in [3.63, 3.8) is 0 Å². The van der Waals surface area contributed by atoms with Crippen LogP contribution in [0.1, 0.15) is 11.1 Å². The van der Waals surface area contributed by atoms with Gasteiger partial charge in [0, 0.05) is 28.8 Å². The molecular formula is C25H18N2O3. The molecular weight excluding hydrogens is 376 g/mol. The number of nitrogens with zero attached hydrogens (tertiary/aromatic N) is 1. The van der Waals surface area contributed by atoms with Crippen LogP contribution in [0.4, 0.5) is 11.4 Å². The predicted molar refractivity (Wildman–Crippen MR) is 120 cm³/mol. The van der Waals surface area contributed by atoms with Gasteiger partial charge in [0.15, 0.2) is 0 Å². The molecule has 0 spiro atoms. The van der Waals surface area contributed by atoms with Gasteiger partial charge in [-0.2, -0.15) is 0 Å². The molecule has 1 N–H and O–H groups in total. The number of anilines is 1. The van der Waals surface area contributed by atoms with Crippen LogP contribution >= 0.6 is 0 Å². The van der Waals surface area contributed by atoms with Gasteiger partial charge >= 0.3 is 0 Å². The molecule has 5 heteroatoms. The molecule has 4 rings (SSSR count). The lowest BCUT2D eigenvalue weighted by Crippen LogP contribution is -2.14. The Morgan fingerprint density at radius 1 is 0.833 bits per heavy atom. The van der Waals surface area contributed by atoms with Crippen molar-refractivity contribution in [3.05, 3.63) is 118 Å². The predicted octanol–water partition coefficient (Wildman–Crippen LogP) is 5.93. The Labute approximate surface area is 173 Å². The van der Waals surface area contributed by atoms with Crippen molar-refractivity contribution in [1.82, 2.24) is 0 Å². The van der Waals surface area contributed by atoms with Gasteiger partial charge in [-0.25, -0.2) is 0 Å². The first-order valence-corrected chi connectivity index (χ1v) is 9.42. The maximum absolute atomic E-state index is 13.3. The SMILES string of the molecule is O=C(Nc1cccc2ccccc12)C(=Cc1cccc([N+](=O)[O-])c1)c1ccccc1. The van der Waals surface area contributed by atoms with Crippen LogP contribution in [0, 0.1) is 10.1 Å². The quantitative estimate of drug-likeness (QED) is 0.197. The van der Waals surface area contributed by atoms with Crippen molar-refractivity contribution in [1.29, 1.82) is 0 Å². The Morgan fingerprint density at radius 2 is 1.53 bits per heavy atom. The molecule has 0 atom stereocenters. The minimum absolute atomic E-state index is 0.0226. The zero-order chi connectivity index (χ0) is 20.9. The van der Waals surface area contributed by atoms with Crippen LogP contribution in [0.3, 0.4) is 0 Å². The summed E-state index contributed by atoms with van der Waals surface area (Å²) in [6, 6.07) is 29.0. The number of fused-ring (bicyclic) bond motifs is 1. The molecule has 1 amide bonds. The summed E-state index contributed by atoms with van der Waals surface area (Å²) >= 11 is 0. The van der Waals surface area contributed by atoms with E-state index in [0.29, 0.717) is 16.8 Å². The highest BCUT2D eigenvalue weighted by atomic mass is 16.6. The Kier molecular flexibility index (Phi) is 5.35. The molecule has 146 valence electrons. The highest BCUT2D eigenvalue weighted by Crippen LogP contribution is 2.26. The average Bonchev–Trinajstić information content (AvgIpc) is 2.78. The number of nitro benzene ring substituents is 1. The molecule has 0 bridgehead atoms. The van der Waals surface area contributed by atoms with Gasteiger partial charge in [0.05, 0.1) is 4.92 Å². The lowest BCUT2D eigenvalue weighted by molar-refractivity contribution is -0.384. The van der Waals surface area contributed by atoms with Crippen LogP contribution in [0.25, 0.3) is 22.4 Å². The van der Waals surface area contributed by atoms with Crippen LogP contribution in [0.5, 0.6) is 0 Å². The highest BCUT2D eigenvalue weighted by Gasteiger charge is 2.14. The standard InChI is InChI=1S/C25H18N2O3/c28-25(26-24-15-7-12-19-11-4-5-14-22(19)24)23(20-9-2-1-3-10-20)17-18-8-6-13-21(16-18)27(29)30/h1-17H,(H,26,28). The molecule has 0 aromatic heterocycles. The first-order chi connectivity index (χ1) is 14.6. The minimum Gasteiger partial charge on any atom is -0.321 e. The first-order valence-electron chi connectivity index (χ1n) is 9.42. The molecule has 4 aromatic rings. The summed E-state index contributed by atoms with van der Waals surface area (Å²) in [7, 11) is 0. The van der Waals surface area contributed by atoms with E-state index in [1.807, 2.05) is 72.8 Å². The number of benzene rings is 4. The number of nitrogens with one attached hydrogen (secondary N) is 1. The van der Waals surface area contributed by atoms with E-state index >= 15 is 0 Å². The van der Waals surface area contributed by atoms with E-state index in [-0.39, 0.29) is 11.6 Å². The van der Waals surface area contributed by atoms with E-state index in [4.69, 9.17) is 0 Å². The van der Waals surface area contributed by atoms with Crippen LogP contribution in [-0.2, 0) is 4.79 Å². The number of amides is 1. The van der Waals surface area contributed by atoms with Crippen molar-refractivity contribution in [2.24, 2.45) is 0 Å². The molecule has 4 aromatic carbocycles. The van der Waals surface area contributed by atoms with E-state index in [2.05, 4.69) is 5.32 Å². The summed E-state index contributed by atoms with van der Waals surface area (Å²) < 4.78 is 0. The van der Waals surface area contributed by atoms with E-state index in [1.54, 1.807) is 18.2 Å². The fourth-order valence-electron chi connectivity index (χ4n) is 3.32. The molecule has 0 saturated heterocycles. The van der Waals surface area contributed by atoms with Crippen molar-refractivity contribution in [3.8, 4) is 0 Å². The van der Waals surface area contributed by atoms with Crippen LogP contribution in [0.2, 0.25) is 0 Å². The van der Waals surface area contributed by atoms with Gasteiger partial charge < -0.3 is 5.32 Å². The normalized spacial score (nSPS) is 11.3. The van der Waals surface area contributed by atoms with Gasteiger partial charge in [0.1, 0.15) is 0 Å². The van der Waals surface area contributed by atoms with Gasteiger partial charge in [0.25, 0.3) is 11.6 Å². The van der Waals surface area contributed by atoms with Crippen molar-refractivity contribution in [2.75, 3.05) is 5.32 Å². The molecule has 0 heterocycles. The summed E-state index contributed by atoms with van der Waals surface area (Å²) in [5.41, 5.74) is 2.41. The Bertz CT molecular complexity index is 1260. The second-order valence-electron chi connectivity index (χ2n) is 6.76. The van der Waals surface area contributed by atoms with Crippen LogP contribution in [0.15, 0.2) is 97.1 Å². The topological polar surface area (TPSA) is 72.2 Å². The maximum atomic E-state index is 13.3. The van der Waals surface area contributed by atoms with Crippen LogP contribution < -0.4 is 5.32 Å². The van der Waals surface area contributed by atoms with E-state index < -0.39 is 4.92 Å². The molecule has 0 unspecified atom stereocenters. The average molecular weight is 394 g/mol. The number of carbonyl (C=O) groups excluding carboxylic acids is 1. The van der Waals surface area contributed by atoms with Crippen LogP contribution in [-0.4, -0.2) is 10.8 Å². The second kappa shape index (κ2) is 8.41. The molecule has 30 heavy (non-hydrogen) atoms. The fourth-order valence-corrected chi connectivity index (χ4v) is 3.32. The number of non-ortho nitro benzene ring substituents is 1. The summed E-state index contributed by atoms with van der Waals surface area (Å²) in [6.45, 7) is 0. The summed E-state index contributed by atoms with van der Waals surface area (Å²) in [6.07, 6.45) is 1.67. The van der Waals surface area contributed by atoms with E-state index in [1.165, 1.54) is 12.1 Å². The number of nitro groups is 1. The Balaban J connectivity index is 1.76. The van der Waals surface area contributed by atoms with E-state index in [9.17, 15) is 14.9 Å². The van der Waals surface area contributed by atoms with Crippen molar-refractivity contribution < 1.29 is 9.72 Å². The zero-order valence-corrected chi connectivity index (χ0v) is 16.0. The fraction of sp³-hybridized carbons (Fsp3) is 0. The minimum atomic E-state index is -0.449. The molecule has 0 fully saturated rings. The summed E-state index contributed by atoms with van der Waals surface area (Å²) in [5.74, 6) is -0.288. The number of carbonyl (C=O) groups is 1.